The SMILES string of the molecule is CP(=O)(Cc1ccc(C(=O)Nc2cc(-c3cccs3)ccc2N)cc1)OC1CCC1. The van der Waals surface area contributed by atoms with Gasteiger partial charge in [-0.3, -0.25) is 9.36 Å². The van der Waals surface area contributed by atoms with Crippen molar-refractivity contribution >= 4 is 36.0 Å². The molecule has 7 heteroatoms. The predicted molar refractivity (Wildman–Crippen MR) is 125 cm³/mol. The lowest BCUT2D eigenvalue weighted by molar-refractivity contribution is 0.102. The zero-order chi connectivity index (χ0) is 21.1. The van der Waals surface area contributed by atoms with Crippen LogP contribution in [0.5, 0.6) is 0 Å². The van der Waals surface area contributed by atoms with E-state index in [2.05, 4.69) is 5.32 Å². The number of nitrogen functional groups attached to an aromatic ring is 1. The van der Waals surface area contributed by atoms with Crippen molar-refractivity contribution in [3.63, 3.8) is 0 Å². The highest BCUT2D eigenvalue weighted by atomic mass is 32.1. The van der Waals surface area contributed by atoms with E-state index in [0.717, 1.165) is 35.3 Å². The number of rotatable bonds is 7. The fraction of sp³-hybridized carbons (Fsp3) is 0.261. The largest absolute Gasteiger partial charge is 0.397 e. The Bertz CT molecular complexity index is 1080. The summed E-state index contributed by atoms with van der Waals surface area (Å²) in [5.74, 6) is -0.234. The van der Waals surface area contributed by atoms with Crippen molar-refractivity contribution in [3.05, 3.63) is 71.1 Å². The van der Waals surface area contributed by atoms with Crippen LogP contribution in [-0.4, -0.2) is 18.7 Å². The fourth-order valence-corrected chi connectivity index (χ4v) is 5.89. The monoisotopic (exact) mass is 440 g/mol. The van der Waals surface area contributed by atoms with Crippen molar-refractivity contribution < 1.29 is 13.9 Å². The van der Waals surface area contributed by atoms with Gasteiger partial charge in [0.1, 0.15) is 0 Å². The van der Waals surface area contributed by atoms with Crippen LogP contribution in [0.3, 0.4) is 0 Å². The number of hydrogen-bond donors (Lipinski definition) is 2. The van der Waals surface area contributed by atoms with E-state index in [4.69, 9.17) is 10.3 Å². The molecule has 1 unspecified atom stereocenters. The number of anilines is 2. The van der Waals surface area contributed by atoms with Gasteiger partial charge in [0.25, 0.3) is 5.91 Å². The average molecular weight is 441 g/mol. The highest BCUT2D eigenvalue weighted by Gasteiger charge is 2.27. The predicted octanol–water partition coefficient (Wildman–Crippen LogP) is 6.23. The third kappa shape index (κ3) is 5.01. The third-order valence-electron chi connectivity index (χ3n) is 5.22. The smallest absolute Gasteiger partial charge is 0.255 e. The van der Waals surface area contributed by atoms with Crippen molar-refractivity contribution in [1.29, 1.82) is 0 Å². The lowest BCUT2D eigenvalue weighted by atomic mass is 9.97. The minimum absolute atomic E-state index is 0.140. The van der Waals surface area contributed by atoms with Gasteiger partial charge >= 0.3 is 0 Å². The molecular weight excluding hydrogens is 415 g/mol. The summed E-state index contributed by atoms with van der Waals surface area (Å²) < 4.78 is 18.5. The van der Waals surface area contributed by atoms with Crippen molar-refractivity contribution in [2.45, 2.75) is 31.5 Å². The minimum Gasteiger partial charge on any atom is -0.397 e. The van der Waals surface area contributed by atoms with Crippen molar-refractivity contribution in [2.75, 3.05) is 17.7 Å². The molecule has 1 atom stereocenters. The first-order valence-corrected chi connectivity index (χ1v) is 13.1. The molecule has 1 aromatic heterocycles. The summed E-state index contributed by atoms with van der Waals surface area (Å²) in [7, 11) is -2.68. The van der Waals surface area contributed by atoms with E-state index < -0.39 is 7.37 Å². The lowest BCUT2D eigenvalue weighted by Gasteiger charge is -2.28. The Hall–Kier alpha value is -2.40. The van der Waals surface area contributed by atoms with E-state index in [1.54, 1.807) is 36.2 Å². The molecule has 0 spiro atoms. The molecule has 1 fully saturated rings. The van der Waals surface area contributed by atoms with Crippen LogP contribution in [0.25, 0.3) is 10.4 Å². The molecule has 156 valence electrons. The number of amides is 1. The molecule has 0 radical (unpaired) electrons. The zero-order valence-electron chi connectivity index (χ0n) is 16.8. The normalized spacial score (nSPS) is 15.9. The molecule has 5 nitrogen and oxygen atoms in total. The minimum atomic E-state index is -2.68. The number of hydrogen-bond acceptors (Lipinski definition) is 5. The summed E-state index contributed by atoms with van der Waals surface area (Å²) in [4.78, 5) is 13.8. The molecule has 1 aliphatic rings. The molecule has 30 heavy (non-hydrogen) atoms. The maximum atomic E-state index is 12.7. The molecule has 1 heterocycles. The second-order valence-electron chi connectivity index (χ2n) is 7.76. The quantitative estimate of drug-likeness (QED) is 0.337. The van der Waals surface area contributed by atoms with Gasteiger partial charge in [-0.25, -0.2) is 0 Å². The van der Waals surface area contributed by atoms with Crippen LogP contribution in [-0.2, 0) is 15.3 Å². The van der Waals surface area contributed by atoms with E-state index in [9.17, 15) is 9.36 Å². The average Bonchev–Trinajstić information content (AvgIpc) is 3.22. The second-order valence-corrected chi connectivity index (χ2v) is 11.3. The number of carbonyl (C=O) groups excluding carboxylic acids is 1. The van der Waals surface area contributed by atoms with Crippen molar-refractivity contribution in [2.24, 2.45) is 0 Å². The zero-order valence-corrected chi connectivity index (χ0v) is 18.5. The van der Waals surface area contributed by atoms with Crippen LogP contribution >= 0.6 is 18.7 Å². The summed E-state index contributed by atoms with van der Waals surface area (Å²) in [6, 6.07) is 16.8. The lowest BCUT2D eigenvalue weighted by Crippen LogP contribution is -2.20. The first kappa shape index (κ1) is 20.9. The Labute approximate surface area is 180 Å². The van der Waals surface area contributed by atoms with Gasteiger partial charge in [0.2, 0.25) is 7.37 Å². The van der Waals surface area contributed by atoms with Gasteiger partial charge in [-0.1, -0.05) is 24.3 Å². The summed E-state index contributed by atoms with van der Waals surface area (Å²) in [5.41, 5.74) is 9.59. The topological polar surface area (TPSA) is 81.4 Å². The van der Waals surface area contributed by atoms with E-state index in [0.29, 0.717) is 23.1 Å². The molecule has 3 aromatic rings. The Morgan fingerprint density at radius 3 is 2.60 bits per heavy atom. The van der Waals surface area contributed by atoms with Crippen LogP contribution in [0.1, 0.15) is 35.2 Å². The Kier molecular flexibility index (Phi) is 6.09. The van der Waals surface area contributed by atoms with E-state index in [-0.39, 0.29) is 12.0 Å². The maximum Gasteiger partial charge on any atom is 0.255 e. The highest BCUT2D eigenvalue weighted by molar-refractivity contribution is 7.57. The van der Waals surface area contributed by atoms with Gasteiger partial charge in [-0.15, -0.1) is 11.3 Å². The molecule has 1 amide bonds. The molecule has 3 N–H and O–H groups in total. The van der Waals surface area contributed by atoms with Gasteiger partial charge in [0, 0.05) is 23.3 Å². The third-order valence-corrected chi connectivity index (χ3v) is 7.82. The molecule has 1 aliphatic carbocycles. The molecular formula is C23H25N2O3PS. The Balaban J connectivity index is 1.43. The molecule has 0 saturated heterocycles. The summed E-state index contributed by atoms with van der Waals surface area (Å²) >= 11 is 1.63. The van der Waals surface area contributed by atoms with Gasteiger partial charge in [-0.05, 0) is 66.1 Å². The van der Waals surface area contributed by atoms with Gasteiger partial charge < -0.3 is 15.6 Å². The van der Waals surface area contributed by atoms with Crippen LogP contribution in [0.4, 0.5) is 11.4 Å². The number of carbonyl (C=O) groups is 1. The Morgan fingerprint density at radius 2 is 1.97 bits per heavy atom. The van der Waals surface area contributed by atoms with Gasteiger partial charge in [-0.2, -0.15) is 0 Å². The van der Waals surface area contributed by atoms with E-state index in [1.165, 1.54) is 0 Å². The first-order chi connectivity index (χ1) is 14.4. The molecule has 1 saturated carbocycles. The van der Waals surface area contributed by atoms with E-state index >= 15 is 0 Å². The van der Waals surface area contributed by atoms with Crippen molar-refractivity contribution in [1.82, 2.24) is 0 Å². The summed E-state index contributed by atoms with van der Waals surface area (Å²) in [5, 5.41) is 4.91. The molecule has 4 rings (SSSR count). The highest BCUT2D eigenvalue weighted by Crippen LogP contribution is 2.50. The van der Waals surface area contributed by atoms with Gasteiger partial charge in [0.05, 0.1) is 17.5 Å². The first-order valence-electron chi connectivity index (χ1n) is 9.98. The number of nitrogens with one attached hydrogen (secondary N) is 1. The van der Waals surface area contributed by atoms with Crippen LogP contribution in [0.15, 0.2) is 60.0 Å². The van der Waals surface area contributed by atoms with Gasteiger partial charge in [0.15, 0.2) is 0 Å². The summed E-state index contributed by atoms with van der Waals surface area (Å²) in [6.07, 6.45) is 3.65. The fourth-order valence-electron chi connectivity index (χ4n) is 3.38. The number of benzene rings is 2. The second kappa shape index (κ2) is 8.76. The van der Waals surface area contributed by atoms with Crippen LogP contribution < -0.4 is 11.1 Å². The number of nitrogens with two attached hydrogens (primary N) is 1. The Morgan fingerprint density at radius 1 is 1.20 bits per heavy atom. The molecule has 2 aromatic carbocycles. The maximum absolute atomic E-state index is 12.7. The number of thiophene rings is 1. The molecule has 0 bridgehead atoms. The van der Waals surface area contributed by atoms with E-state index in [1.807, 2.05) is 41.8 Å². The summed E-state index contributed by atoms with van der Waals surface area (Å²) in [6.45, 7) is 1.69. The van der Waals surface area contributed by atoms with Crippen LogP contribution in [0.2, 0.25) is 0 Å². The molecule has 0 aliphatic heterocycles. The van der Waals surface area contributed by atoms with Crippen LogP contribution in [0, 0.1) is 0 Å². The standard InChI is InChI=1S/C23H25N2O3PS/c1-29(27,28-19-4-2-5-19)15-16-7-9-17(10-8-16)23(26)25-21-14-18(11-12-20(21)24)22-6-3-13-30-22/h3,6-14,19H,2,4-5,15,24H2,1H3,(H,25,26). The van der Waals surface area contributed by atoms with Crippen molar-refractivity contribution in [3.8, 4) is 10.4 Å².